The van der Waals surface area contributed by atoms with Crippen LogP contribution in [0.4, 0.5) is 0 Å². The summed E-state index contributed by atoms with van der Waals surface area (Å²) in [7, 11) is 0. The molecule has 0 spiro atoms. The molecule has 0 N–H and O–H groups in total. The zero-order valence-corrected chi connectivity index (χ0v) is 12.8. The number of hydrogen-bond donors (Lipinski definition) is 0. The summed E-state index contributed by atoms with van der Waals surface area (Å²) in [5.74, 6) is 0.0967. The van der Waals surface area contributed by atoms with E-state index in [1.807, 2.05) is 66.2 Å². The second-order valence-electron chi connectivity index (χ2n) is 5.25. The van der Waals surface area contributed by atoms with Crippen LogP contribution in [0.1, 0.15) is 21.6 Å². The fourth-order valence-corrected chi connectivity index (χ4v) is 2.25. The lowest BCUT2D eigenvalue weighted by molar-refractivity contribution is -0.689. The van der Waals surface area contributed by atoms with Crippen molar-refractivity contribution in [2.24, 2.45) is 0 Å². The maximum Gasteiger partial charge on any atom is 0.368 e. The van der Waals surface area contributed by atoms with Crippen LogP contribution in [0.3, 0.4) is 0 Å². The van der Waals surface area contributed by atoms with Crippen molar-refractivity contribution in [1.29, 1.82) is 0 Å². The first kappa shape index (κ1) is 14.9. The van der Waals surface area contributed by atoms with Crippen LogP contribution in [0.15, 0.2) is 73.2 Å². The molecule has 0 unspecified atom stereocenters. The number of ether oxygens (including phenoxy) is 1. The first-order chi connectivity index (χ1) is 11.2. The lowest BCUT2D eigenvalue weighted by atomic mass is 10.2. The average Bonchev–Trinajstić information content (AvgIpc) is 2.58. The molecule has 0 saturated carbocycles. The summed E-state index contributed by atoms with van der Waals surface area (Å²) in [5, 5.41) is 0. The Bertz CT molecular complexity index is 816. The minimum Gasteiger partial charge on any atom is -0.421 e. The molecule has 0 fully saturated rings. The van der Waals surface area contributed by atoms with Crippen molar-refractivity contribution in [2.45, 2.75) is 13.5 Å². The van der Waals surface area contributed by atoms with Crippen LogP contribution in [0, 0.1) is 6.92 Å². The van der Waals surface area contributed by atoms with Crippen molar-refractivity contribution in [3.63, 3.8) is 0 Å². The molecule has 4 nitrogen and oxygen atoms in total. The predicted molar refractivity (Wildman–Crippen MR) is 86.1 cm³/mol. The van der Waals surface area contributed by atoms with Crippen LogP contribution in [0.25, 0.3) is 0 Å². The number of rotatable bonds is 4. The number of esters is 1. The van der Waals surface area contributed by atoms with Crippen LogP contribution >= 0.6 is 0 Å². The SMILES string of the molecule is Cc1ccccc1OC(=O)c1c[n+](Cc2ccccc2)ccn1. The number of hydrogen-bond acceptors (Lipinski definition) is 3. The summed E-state index contributed by atoms with van der Waals surface area (Å²) >= 11 is 0. The molecule has 0 atom stereocenters. The molecule has 1 aromatic heterocycles. The Morgan fingerprint density at radius 1 is 1.09 bits per heavy atom. The van der Waals surface area contributed by atoms with Gasteiger partial charge in [-0.05, 0) is 18.6 Å². The van der Waals surface area contributed by atoms with E-state index in [1.165, 1.54) is 0 Å². The Balaban J connectivity index is 1.77. The molecule has 0 aliphatic heterocycles. The van der Waals surface area contributed by atoms with E-state index in [0.29, 0.717) is 12.3 Å². The van der Waals surface area contributed by atoms with Gasteiger partial charge in [0, 0.05) is 5.56 Å². The topological polar surface area (TPSA) is 43.1 Å². The third-order valence-corrected chi connectivity index (χ3v) is 3.47. The molecular weight excluding hydrogens is 288 g/mol. The van der Waals surface area contributed by atoms with Gasteiger partial charge in [0.1, 0.15) is 5.75 Å². The summed E-state index contributed by atoms with van der Waals surface area (Å²) in [5.41, 5.74) is 2.35. The van der Waals surface area contributed by atoms with Gasteiger partial charge in [0.2, 0.25) is 11.9 Å². The van der Waals surface area contributed by atoms with Crippen molar-refractivity contribution in [2.75, 3.05) is 0 Å². The number of nitrogens with zero attached hydrogens (tertiary/aromatic N) is 2. The van der Waals surface area contributed by atoms with Gasteiger partial charge in [0.05, 0.1) is 6.20 Å². The van der Waals surface area contributed by atoms with E-state index in [9.17, 15) is 4.79 Å². The molecule has 0 aliphatic carbocycles. The quantitative estimate of drug-likeness (QED) is 0.423. The van der Waals surface area contributed by atoms with E-state index in [4.69, 9.17) is 4.74 Å². The van der Waals surface area contributed by atoms with Gasteiger partial charge >= 0.3 is 5.97 Å². The summed E-state index contributed by atoms with van der Waals surface area (Å²) in [6.45, 7) is 2.57. The van der Waals surface area contributed by atoms with Crippen LogP contribution in [-0.4, -0.2) is 11.0 Å². The Kier molecular flexibility index (Phi) is 4.43. The van der Waals surface area contributed by atoms with Gasteiger partial charge in [0.25, 0.3) is 0 Å². The lowest BCUT2D eigenvalue weighted by Gasteiger charge is -2.05. The highest BCUT2D eigenvalue weighted by Crippen LogP contribution is 2.17. The maximum atomic E-state index is 12.3. The van der Waals surface area contributed by atoms with Gasteiger partial charge in [-0.1, -0.05) is 48.5 Å². The smallest absolute Gasteiger partial charge is 0.368 e. The lowest BCUT2D eigenvalue weighted by Crippen LogP contribution is -2.35. The molecule has 0 aliphatic rings. The van der Waals surface area contributed by atoms with Gasteiger partial charge in [-0.25, -0.2) is 9.78 Å². The number of para-hydroxylation sites is 1. The van der Waals surface area contributed by atoms with Crippen LogP contribution in [-0.2, 0) is 6.54 Å². The Morgan fingerprint density at radius 2 is 1.83 bits per heavy atom. The van der Waals surface area contributed by atoms with Crippen molar-refractivity contribution in [1.82, 2.24) is 4.98 Å². The highest BCUT2D eigenvalue weighted by atomic mass is 16.5. The van der Waals surface area contributed by atoms with E-state index in [0.717, 1.165) is 11.1 Å². The Morgan fingerprint density at radius 3 is 2.61 bits per heavy atom. The maximum absolute atomic E-state index is 12.3. The van der Waals surface area contributed by atoms with Gasteiger partial charge in [-0.15, -0.1) is 0 Å². The first-order valence-corrected chi connectivity index (χ1v) is 7.39. The third-order valence-electron chi connectivity index (χ3n) is 3.47. The van der Waals surface area contributed by atoms with Gasteiger partial charge in [0.15, 0.2) is 12.7 Å². The minimum absolute atomic E-state index is 0.284. The number of aryl methyl sites for hydroxylation is 1. The van der Waals surface area contributed by atoms with E-state index < -0.39 is 5.97 Å². The predicted octanol–water partition coefficient (Wildman–Crippen LogP) is 2.95. The highest BCUT2D eigenvalue weighted by molar-refractivity contribution is 5.88. The van der Waals surface area contributed by atoms with Gasteiger partial charge < -0.3 is 4.74 Å². The Hall–Kier alpha value is -3.01. The standard InChI is InChI=1S/C19H17N2O2/c1-15-7-5-6-10-18(15)23-19(22)17-14-21(12-11-20-17)13-16-8-3-2-4-9-16/h2-12,14H,13H2,1H3/q+1. The molecular formula is C19H17N2O2+. The van der Waals surface area contributed by atoms with E-state index in [1.54, 1.807) is 18.5 Å². The fraction of sp³-hybridized carbons (Fsp3) is 0.105. The van der Waals surface area contributed by atoms with E-state index in [2.05, 4.69) is 4.98 Å². The molecule has 0 bridgehead atoms. The van der Waals surface area contributed by atoms with Crippen LogP contribution in [0.2, 0.25) is 0 Å². The summed E-state index contributed by atoms with van der Waals surface area (Å²) < 4.78 is 7.34. The number of carbonyl (C=O) groups is 1. The molecule has 0 saturated heterocycles. The van der Waals surface area contributed by atoms with E-state index >= 15 is 0 Å². The second-order valence-corrected chi connectivity index (χ2v) is 5.25. The molecule has 23 heavy (non-hydrogen) atoms. The monoisotopic (exact) mass is 305 g/mol. The molecule has 3 aromatic rings. The molecule has 114 valence electrons. The van der Waals surface area contributed by atoms with Crippen molar-refractivity contribution in [3.8, 4) is 5.75 Å². The zero-order valence-electron chi connectivity index (χ0n) is 12.8. The van der Waals surface area contributed by atoms with Crippen molar-refractivity contribution >= 4 is 5.97 Å². The normalized spacial score (nSPS) is 10.3. The summed E-state index contributed by atoms with van der Waals surface area (Å²) in [6.07, 6.45) is 5.14. The van der Waals surface area contributed by atoms with Crippen LogP contribution in [0.5, 0.6) is 5.75 Å². The van der Waals surface area contributed by atoms with Gasteiger partial charge in [-0.3, -0.25) is 0 Å². The first-order valence-electron chi connectivity index (χ1n) is 7.39. The fourth-order valence-electron chi connectivity index (χ4n) is 2.25. The number of benzene rings is 2. The third kappa shape index (κ3) is 3.80. The molecule has 1 heterocycles. The number of aromatic nitrogens is 2. The van der Waals surface area contributed by atoms with E-state index in [-0.39, 0.29) is 5.69 Å². The molecule has 4 heteroatoms. The van der Waals surface area contributed by atoms with Crippen molar-refractivity contribution in [3.05, 3.63) is 90.0 Å². The average molecular weight is 305 g/mol. The second kappa shape index (κ2) is 6.83. The Labute approximate surface area is 135 Å². The number of carbonyl (C=O) groups excluding carboxylic acids is 1. The van der Waals surface area contributed by atoms with Crippen LogP contribution < -0.4 is 9.30 Å². The largest absolute Gasteiger partial charge is 0.421 e. The summed E-state index contributed by atoms with van der Waals surface area (Å²) in [6, 6.07) is 17.5. The molecule has 2 aromatic carbocycles. The summed E-state index contributed by atoms with van der Waals surface area (Å²) in [4.78, 5) is 16.4. The van der Waals surface area contributed by atoms with Crippen molar-refractivity contribution < 1.29 is 14.1 Å². The minimum atomic E-state index is -0.457. The zero-order chi connectivity index (χ0) is 16.1. The molecule has 0 radical (unpaired) electrons. The molecule has 0 amide bonds. The van der Waals surface area contributed by atoms with Gasteiger partial charge in [-0.2, -0.15) is 4.57 Å². The highest BCUT2D eigenvalue weighted by Gasteiger charge is 2.16. The molecule has 3 rings (SSSR count).